The zero-order chi connectivity index (χ0) is 17.9. The number of benzene rings is 2. The average molecular weight is 350 g/mol. The fraction of sp³-hybridized carbons (Fsp3) is 0.250. The topological polar surface area (TPSA) is 58.1 Å². The number of aromatic nitrogens is 2. The molecule has 1 aliphatic heterocycles. The molecule has 0 aliphatic carbocycles. The minimum Gasteiger partial charge on any atom is -0.356 e. The number of rotatable bonds is 3. The van der Waals surface area contributed by atoms with Gasteiger partial charge in [-0.1, -0.05) is 24.3 Å². The van der Waals surface area contributed by atoms with Crippen molar-refractivity contribution in [2.45, 2.75) is 12.8 Å². The fourth-order valence-electron chi connectivity index (χ4n) is 3.41. The number of anilines is 2. The van der Waals surface area contributed by atoms with Crippen molar-refractivity contribution in [3.05, 3.63) is 60.7 Å². The zero-order valence-electron chi connectivity index (χ0n) is 14.2. The number of hydrogen-bond acceptors (Lipinski definition) is 4. The van der Waals surface area contributed by atoms with Gasteiger partial charge in [0.05, 0.1) is 0 Å². The number of hydrogen-bond donors (Lipinski definition) is 1. The second-order valence-corrected chi connectivity index (χ2v) is 6.45. The highest BCUT2D eigenvalue weighted by atomic mass is 19.1. The lowest BCUT2D eigenvalue weighted by atomic mass is 9.95. The van der Waals surface area contributed by atoms with Crippen LogP contribution < -0.4 is 10.2 Å². The van der Waals surface area contributed by atoms with Crippen molar-refractivity contribution in [1.82, 2.24) is 9.97 Å². The number of halogens is 1. The van der Waals surface area contributed by atoms with Crippen LogP contribution in [0.1, 0.15) is 12.8 Å². The Morgan fingerprint density at radius 2 is 1.81 bits per heavy atom. The number of carbonyl (C=O) groups excluding carboxylic acids is 1. The molecule has 2 aromatic carbocycles. The van der Waals surface area contributed by atoms with Crippen LogP contribution >= 0.6 is 0 Å². The molecule has 0 unspecified atom stereocenters. The monoisotopic (exact) mass is 350 g/mol. The van der Waals surface area contributed by atoms with E-state index in [0.717, 1.165) is 24.3 Å². The van der Waals surface area contributed by atoms with E-state index >= 15 is 0 Å². The van der Waals surface area contributed by atoms with Crippen molar-refractivity contribution >= 4 is 28.3 Å². The normalized spacial score (nSPS) is 15.2. The molecule has 1 N–H and O–H groups in total. The molecular formula is C20H19FN4O. The van der Waals surface area contributed by atoms with Gasteiger partial charge in [-0.25, -0.2) is 14.4 Å². The van der Waals surface area contributed by atoms with E-state index < -0.39 is 0 Å². The zero-order valence-corrected chi connectivity index (χ0v) is 14.2. The summed E-state index contributed by atoms with van der Waals surface area (Å²) in [7, 11) is 0. The molecule has 1 aliphatic rings. The van der Waals surface area contributed by atoms with E-state index in [2.05, 4.69) is 20.2 Å². The molecule has 1 aromatic heterocycles. The van der Waals surface area contributed by atoms with E-state index in [1.165, 1.54) is 12.4 Å². The first kappa shape index (κ1) is 16.4. The van der Waals surface area contributed by atoms with Crippen molar-refractivity contribution in [3.63, 3.8) is 0 Å². The Bertz CT molecular complexity index is 924. The third-order valence-corrected chi connectivity index (χ3v) is 4.80. The van der Waals surface area contributed by atoms with Crippen molar-refractivity contribution in [2.75, 3.05) is 23.3 Å². The molecule has 1 fully saturated rings. The van der Waals surface area contributed by atoms with E-state index in [1.807, 2.05) is 36.4 Å². The molecule has 1 saturated heterocycles. The minimum absolute atomic E-state index is 0.0312. The first-order valence-electron chi connectivity index (χ1n) is 8.72. The van der Waals surface area contributed by atoms with Gasteiger partial charge < -0.3 is 10.2 Å². The number of para-hydroxylation sites is 2. The first-order chi connectivity index (χ1) is 12.7. The molecule has 4 rings (SSSR count). The number of amides is 1. The van der Waals surface area contributed by atoms with E-state index in [0.29, 0.717) is 24.0 Å². The Labute approximate surface area is 150 Å². The van der Waals surface area contributed by atoms with Crippen LogP contribution in [0.2, 0.25) is 0 Å². The summed E-state index contributed by atoms with van der Waals surface area (Å²) < 4.78 is 13.9. The lowest BCUT2D eigenvalue weighted by Crippen LogP contribution is -2.38. The number of piperidine rings is 1. The summed E-state index contributed by atoms with van der Waals surface area (Å²) in [5.41, 5.74) is 1.15. The van der Waals surface area contributed by atoms with Gasteiger partial charge in [0.2, 0.25) is 5.91 Å². The van der Waals surface area contributed by atoms with Gasteiger partial charge in [0.15, 0.2) is 0 Å². The Kier molecular flexibility index (Phi) is 4.48. The lowest BCUT2D eigenvalue weighted by molar-refractivity contribution is -0.120. The van der Waals surface area contributed by atoms with Gasteiger partial charge in [-0.05, 0) is 37.1 Å². The van der Waals surface area contributed by atoms with Gasteiger partial charge in [0.1, 0.15) is 23.5 Å². The van der Waals surface area contributed by atoms with Crippen LogP contribution in [0.3, 0.4) is 0 Å². The average Bonchev–Trinajstić information content (AvgIpc) is 2.69. The van der Waals surface area contributed by atoms with Crippen molar-refractivity contribution in [2.24, 2.45) is 5.92 Å². The van der Waals surface area contributed by atoms with Gasteiger partial charge in [0.25, 0.3) is 0 Å². The molecule has 1 amide bonds. The fourth-order valence-corrected chi connectivity index (χ4v) is 3.41. The summed E-state index contributed by atoms with van der Waals surface area (Å²) in [6, 6.07) is 14.4. The van der Waals surface area contributed by atoms with Gasteiger partial charge >= 0.3 is 0 Å². The summed E-state index contributed by atoms with van der Waals surface area (Å²) in [6.45, 7) is 1.41. The number of carbonyl (C=O) groups is 1. The summed E-state index contributed by atoms with van der Waals surface area (Å²) in [5, 5.41) is 3.68. The van der Waals surface area contributed by atoms with E-state index in [-0.39, 0.29) is 17.6 Å². The van der Waals surface area contributed by atoms with Crippen LogP contribution in [-0.4, -0.2) is 29.0 Å². The van der Waals surface area contributed by atoms with E-state index in [4.69, 9.17) is 0 Å². The van der Waals surface area contributed by atoms with Gasteiger partial charge in [-0.3, -0.25) is 4.79 Å². The number of fused-ring (bicyclic) bond motifs is 1. The highest BCUT2D eigenvalue weighted by Crippen LogP contribution is 2.28. The highest BCUT2D eigenvalue weighted by Gasteiger charge is 2.26. The predicted octanol–water partition coefficient (Wildman–Crippen LogP) is 3.62. The molecule has 0 spiro atoms. The molecule has 3 aromatic rings. The van der Waals surface area contributed by atoms with E-state index in [9.17, 15) is 9.18 Å². The smallest absolute Gasteiger partial charge is 0.227 e. The van der Waals surface area contributed by atoms with Gasteiger partial charge in [-0.2, -0.15) is 0 Å². The Balaban J connectivity index is 1.46. The third kappa shape index (κ3) is 3.22. The maximum atomic E-state index is 13.9. The summed E-state index contributed by atoms with van der Waals surface area (Å²) >= 11 is 0. The quantitative estimate of drug-likeness (QED) is 0.784. The highest BCUT2D eigenvalue weighted by molar-refractivity contribution is 5.93. The SMILES string of the molecule is O=C(Nc1ccccc1)C1CCN(c2ncnc3c(F)cccc23)CC1. The molecule has 0 saturated carbocycles. The molecule has 0 bridgehead atoms. The molecule has 0 atom stereocenters. The molecular weight excluding hydrogens is 331 g/mol. The second kappa shape index (κ2) is 7.07. The molecule has 132 valence electrons. The van der Waals surface area contributed by atoms with Gasteiger partial charge in [0, 0.05) is 30.1 Å². The van der Waals surface area contributed by atoms with Crippen LogP contribution in [0.25, 0.3) is 10.9 Å². The number of nitrogens with one attached hydrogen (secondary N) is 1. The summed E-state index contributed by atoms with van der Waals surface area (Å²) in [5.74, 6) is 0.408. The van der Waals surface area contributed by atoms with Crippen LogP contribution in [-0.2, 0) is 4.79 Å². The van der Waals surface area contributed by atoms with Crippen LogP contribution in [0, 0.1) is 11.7 Å². The van der Waals surface area contributed by atoms with Crippen LogP contribution in [0.5, 0.6) is 0 Å². The molecule has 26 heavy (non-hydrogen) atoms. The van der Waals surface area contributed by atoms with Crippen molar-refractivity contribution in [1.29, 1.82) is 0 Å². The standard InChI is InChI=1S/C20H19FN4O/c21-17-8-4-7-16-18(17)22-13-23-19(16)25-11-9-14(10-12-25)20(26)24-15-5-2-1-3-6-15/h1-8,13-14H,9-12H2,(H,24,26). The van der Waals surface area contributed by atoms with Crippen molar-refractivity contribution < 1.29 is 9.18 Å². The summed E-state index contributed by atoms with van der Waals surface area (Å²) in [6.07, 6.45) is 2.87. The van der Waals surface area contributed by atoms with E-state index in [1.54, 1.807) is 6.07 Å². The molecule has 6 heteroatoms. The number of nitrogens with zero attached hydrogens (tertiary/aromatic N) is 3. The predicted molar refractivity (Wildman–Crippen MR) is 99.5 cm³/mol. The Morgan fingerprint density at radius 1 is 1.04 bits per heavy atom. The van der Waals surface area contributed by atoms with Crippen molar-refractivity contribution in [3.8, 4) is 0 Å². The van der Waals surface area contributed by atoms with Gasteiger partial charge in [-0.15, -0.1) is 0 Å². The largest absolute Gasteiger partial charge is 0.356 e. The molecule has 2 heterocycles. The molecule has 5 nitrogen and oxygen atoms in total. The Morgan fingerprint density at radius 3 is 2.58 bits per heavy atom. The summed E-state index contributed by atoms with van der Waals surface area (Å²) in [4.78, 5) is 23.0. The second-order valence-electron chi connectivity index (χ2n) is 6.45. The van der Waals surface area contributed by atoms with Crippen LogP contribution in [0.4, 0.5) is 15.9 Å². The Hall–Kier alpha value is -3.02. The maximum Gasteiger partial charge on any atom is 0.227 e. The maximum absolute atomic E-state index is 13.9. The molecule has 0 radical (unpaired) electrons. The third-order valence-electron chi connectivity index (χ3n) is 4.80. The van der Waals surface area contributed by atoms with Crippen LogP contribution in [0.15, 0.2) is 54.9 Å². The first-order valence-corrected chi connectivity index (χ1v) is 8.72. The minimum atomic E-state index is -0.344. The lowest BCUT2D eigenvalue weighted by Gasteiger charge is -2.32.